The zero-order chi connectivity index (χ0) is 18.1. The molecule has 1 fully saturated rings. The van der Waals surface area contributed by atoms with Crippen LogP contribution in [-0.2, 0) is 6.54 Å². The Balaban J connectivity index is 1.46. The number of nitrogens with zero attached hydrogens (tertiary/aromatic N) is 4. The highest BCUT2D eigenvalue weighted by Crippen LogP contribution is 2.30. The number of hydrogen-bond donors (Lipinski definition) is 2. The molecule has 27 heavy (non-hydrogen) atoms. The normalized spacial score (nSPS) is 14.7. The van der Waals surface area contributed by atoms with Crippen LogP contribution in [0.3, 0.4) is 0 Å². The Hall–Kier alpha value is -3.12. The third-order valence-electron chi connectivity index (χ3n) is 5.13. The second-order valence-corrected chi connectivity index (χ2v) is 6.94. The lowest BCUT2D eigenvalue weighted by Gasteiger charge is -2.29. The van der Waals surface area contributed by atoms with Crippen molar-refractivity contribution in [1.29, 1.82) is 0 Å². The number of pyridine rings is 1. The largest absolute Gasteiger partial charge is 0.368 e. The predicted molar refractivity (Wildman–Crippen MR) is 108 cm³/mol. The second-order valence-electron chi connectivity index (χ2n) is 6.94. The maximum atomic E-state index is 4.63. The summed E-state index contributed by atoms with van der Waals surface area (Å²) in [6.45, 7) is 4.84. The highest BCUT2D eigenvalue weighted by atomic mass is 15.3. The molecule has 4 aromatic rings. The molecular formula is C21H22N6. The van der Waals surface area contributed by atoms with E-state index in [4.69, 9.17) is 0 Å². The van der Waals surface area contributed by atoms with Crippen LogP contribution in [0.15, 0.2) is 61.2 Å². The van der Waals surface area contributed by atoms with Crippen molar-refractivity contribution in [2.24, 2.45) is 0 Å². The molecule has 0 atom stereocenters. The number of benzene rings is 1. The monoisotopic (exact) mass is 358 g/mol. The van der Waals surface area contributed by atoms with Crippen molar-refractivity contribution in [3.8, 4) is 11.1 Å². The zero-order valence-electron chi connectivity index (χ0n) is 15.1. The summed E-state index contributed by atoms with van der Waals surface area (Å²) in [6.07, 6.45) is 8.03. The average Bonchev–Trinajstić information content (AvgIpc) is 3.35. The van der Waals surface area contributed by atoms with Gasteiger partial charge in [0.15, 0.2) is 0 Å². The Labute approximate surface area is 157 Å². The molecule has 0 radical (unpaired) electrons. The van der Waals surface area contributed by atoms with Crippen LogP contribution in [0.4, 0.5) is 5.69 Å². The molecule has 4 heterocycles. The summed E-state index contributed by atoms with van der Waals surface area (Å²) >= 11 is 0. The molecule has 1 aliphatic rings. The highest BCUT2D eigenvalue weighted by molar-refractivity contribution is 5.95. The van der Waals surface area contributed by atoms with Crippen molar-refractivity contribution in [3.05, 3.63) is 66.7 Å². The molecule has 0 bridgehead atoms. The van der Waals surface area contributed by atoms with Gasteiger partial charge in [-0.2, -0.15) is 5.10 Å². The van der Waals surface area contributed by atoms with Crippen molar-refractivity contribution >= 4 is 16.7 Å². The molecule has 6 nitrogen and oxygen atoms in total. The predicted octanol–water partition coefficient (Wildman–Crippen LogP) is 2.88. The van der Waals surface area contributed by atoms with Gasteiger partial charge >= 0.3 is 0 Å². The SMILES string of the molecule is c1ccc(Cn2cc(-c3c[nH]c4ncc(N5CCNCC5)cc34)cn2)cc1. The Morgan fingerprint density at radius 3 is 2.74 bits per heavy atom. The lowest BCUT2D eigenvalue weighted by Crippen LogP contribution is -2.43. The Morgan fingerprint density at radius 1 is 1.04 bits per heavy atom. The van der Waals surface area contributed by atoms with Gasteiger partial charge in [0.25, 0.3) is 0 Å². The average molecular weight is 358 g/mol. The molecule has 0 spiro atoms. The van der Waals surface area contributed by atoms with Crippen LogP contribution < -0.4 is 10.2 Å². The number of hydrogen-bond acceptors (Lipinski definition) is 4. The molecule has 1 saturated heterocycles. The van der Waals surface area contributed by atoms with Crippen molar-refractivity contribution in [2.75, 3.05) is 31.1 Å². The maximum Gasteiger partial charge on any atom is 0.138 e. The molecule has 0 saturated carbocycles. The van der Waals surface area contributed by atoms with Gasteiger partial charge in [0.05, 0.1) is 24.6 Å². The molecule has 1 aromatic carbocycles. The zero-order valence-corrected chi connectivity index (χ0v) is 15.1. The van der Waals surface area contributed by atoms with Gasteiger partial charge in [0, 0.05) is 55.1 Å². The van der Waals surface area contributed by atoms with E-state index >= 15 is 0 Å². The molecule has 0 unspecified atom stereocenters. The summed E-state index contributed by atoms with van der Waals surface area (Å²) < 4.78 is 1.98. The molecular weight excluding hydrogens is 336 g/mol. The van der Waals surface area contributed by atoms with Crippen LogP contribution in [0.1, 0.15) is 5.56 Å². The van der Waals surface area contributed by atoms with Gasteiger partial charge in [-0.1, -0.05) is 30.3 Å². The lowest BCUT2D eigenvalue weighted by molar-refractivity contribution is 0.589. The van der Waals surface area contributed by atoms with E-state index < -0.39 is 0 Å². The van der Waals surface area contributed by atoms with Crippen molar-refractivity contribution in [3.63, 3.8) is 0 Å². The molecule has 3 aromatic heterocycles. The number of nitrogens with one attached hydrogen (secondary N) is 2. The van der Waals surface area contributed by atoms with Crippen LogP contribution in [0.5, 0.6) is 0 Å². The number of H-pyrrole nitrogens is 1. The minimum atomic E-state index is 0.771. The maximum absolute atomic E-state index is 4.63. The van der Waals surface area contributed by atoms with Crippen LogP contribution in [0.2, 0.25) is 0 Å². The van der Waals surface area contributed by atoms with E-state index in [1.807, 2.05) is 29.3 Å². The summed E-state index contributed by atoms with van der Waals surface area (Å²) in [4.78, 5) is 10.3. The van der Waals surface area contributed by atoms with Crippen LogP contribution >= 0.6 is 0 Å². The molecule has 0 amide bonds. The second kappa shape index (κ2) is 6.89. The topological polar surface area (TPSA) is 61.8 Å². The molecule has 6 heteroatoms. The highest BCUT2D eigenvalue weighted by Gasteiger charge is 2.14. The van der Waals surface area contributed by atoms with Gasteiger partial charge in [-0.25, -0.2) is 4.98 Å². The molecule has 1 aliphatic heterocycles. The fourth-order valence-electron chi connectivity index (χ4n) is 3.69. The van der Waals surface area contributed by atoms with Crippen molar-refractivity contribution in [1.82, 2.24) is 25.1 Å². The first-order chi connectivity index (χ1) is 13.4. The molecule has 5 rings (SSSR count). The minimum Gasteiger partial charge on any atom is -0.368 e. The van der Waals surface area contributed by atoms with E-state index in [0.29, 0.717) is 0 Å². The van der Waals surface area contributed by atoms with Crippen LogP contribution in [0.25, 0.3) is 22.2 Å². The number of rotatable bonds is 4. The van der Waals surface area contributed by atoms with Crippen LogP contribution in [-0.4, -0.2) is 45.9 Å². The summed E-state index contributed by atoms with van der Waals surface area (Å²) in [6, 6.07) is 12.6. The summed E-state index contributed by atoms with van der Waals surface area (Å²) in [7, 11) is 0. The van der Waals surface area contributed by atoms with Crippen LogP contribution in [0, 0.1) is 0 Å². The summed E-state index contributed by atoms with van der Waals surface area (Å²) in [5.41, 5.74) is 5.60. The Bertz CT molecular complexity index is 1040. The number of anilines is 1. The standard InChI is InChI=1S/C21H22N6/c1-2-4-16(5-3-1)14-27-15-17(11-25-27)20-13-24-21-19(20)10-18(12-23-21)26-8-6-22-7-9-26/h1-5,10-13,15,22H,6-9,14H2,(H,23,24). The summed E-state index contributed by atoms with van der Waals surface area (Å²) in [5, 5.41) is 9.09. The smallest absolute Gasteiger partial charge is 0.138 e. The van der Waals surface area contributed by atoms with E-state index in [9.17, 15) is 0 Å². The van der Waals surface area contributed by atoms with Gasteiger partial charge in [0.2, 0.25) is 0 Å². The molecule has 0 aliphatic carbocycles. The van der Waals surface area contributed by atoms with Crippen molar-refractivity contribution < 1.29 is 0 Å². The quantitative estimate of drug-likeness (QED) is 0.589. The first kappa shape index (κ1) is 16.1. The van der Waals surface area contributed by atoms with E-state index in [0.717, 1.165) is 54.9 Å². The van der Waals surface area contributed by atoms with Gasteiger partial charge in [-0.3, -0.25) is 4.68 Å². The van der Waals surface area contributed by atoms with Gasteiger partial charge in [-0.05, 0) is 11.6 Å². The van der Waals surface area contributed by atoms with E-state index in [1.165, 1.54) is 11.3 Å². The molecule has 2 N–H and O–H groups in total. The van der Waals surface area contributed by atoms with Gasteiger partial charge in [-0.15, -0.1) is 0 Å². The Morgan fingerprint density at radius 2 is 1.89 bits per heavy atom. The van der Waals surface area contributed by atoms with Crippen molar-refractivity contribution in [2.45, 2.75) is 6.54 Å². The number of aromatic nitrogens is 4. The minimum absolute atomic E-state index is 0.771. The Kier molecular flexibility index (Phi) is 4.10. The first-order valence-electron chi connectivity index (χ1n) is 9.36. The van der Waals surface area contributed by atoms with Gasteiger partial charge in [0.1, 0.15) is 5.65 Å². The van der Waals surface area contributed by atoms with E-state index in [2.05, 4.69) is 61.8 Å². The fraction of sp³-hybridized carbons (Fsp3) is 0.238. The lowest BCUT2D eigenvalue weighted by atomic mass is 10.1. The van der Waals surface area contributed by atoms with E-state index in [-0.39, 0.29) is 0 Å². The van der Waals surface area contributed by atoms with E-state index in [1.54, 1.807) is 0 Å². The number of aromatic amines is 1. The van der Waals surface area contributed by atoms with Gasteiger partial charge < -0.3 is 15.2 Å². The number of fused-ring (bicyclic) bond motifs is 1. The molecule has 136 valence electrons. The first-order valence-corrected chi connectivity index (χ1v) is 9.36. The number of piperazine rings is 1. The third kappa shape index (κ3) is 3.19. The third-order valence-corrected chi connectivity index (χ3v) is 5.13. The summed E-state index contributed by atoms with van der Waals surface area (Å²) in [5.74, 6) is 0. The fourth-order valence-corrected chi connectivity index (χ4v) is 3.69.